The fraction of sp³-hybridized carbons (Fsp3) is 0.500. The zero-order chi connectivity index (χ0) is 13.0. The molecule has 0 saturated heterocycles. The molecule has 3 nitrogen and oxygen atoms in total. The summed E-state index contributed by atoms with van der Waals surface area (Å²) >= 11 is 0. The number of aliphatic hydroxyl groups excluding tert-OH is 1. The second kappa shape index (κ2) is 6.07. The monoisotopic (exact) mass is 251 g/mol. The molecule has 1 fully saturated rings. The summed E-state index contributed by atoms with van der Waals surface area (Å²) in [6.07, 6.45) is 3.38. The van der Waals surface area contributed by atoms with E-state index in [0.717, 1.165) is 12.8 Å². The van der Waals surface area contributed by atoms with Crippen LogP contribution < -0.4 is 0 Å². The molecule has 1 saturated carbocycles. The van der Waals surface area contributed by atoms with Crippen LogP contribution in [0.1, 0.15) is 29.6 Å². The van der Waals surface area contributed by atoms with Crippen molar-refractivity contribution in [1.82, 2.24) is 4.90 Å². The number of aliphatic hydroxyl groups is 1. The van der Waals surface area contributed by atoms with Crippen LogP contribution in [0, 0.1) is 5.82 Å². The Morgan fingerprint density at radius 2 is 2.00 bits per heavy atom. The predicted molar refractivity (Wildman–Crippen MR) is 67.0 cm³/mol. The molecule has 1 aliphatic rings. The Labute approximate surface area is 106 Å². The quantitative estimate of drug-likeness (QED) is 0.784. The number of rotatable bonds is 6. The third-order valence-electron chi connectivity index (χ3n) is 3.49. The molecule has 1 aromatic rings. The predicted octanol–water partition coefficient (Wildman–Crippen LogP) is 1.86. The highest BCUT2D eigenvalue weighted by Gasteiger charge is 2.26. The van der Waals surface area contributed by atoms with E-state index in [9.17, 15) is 9.18 Å². The standard InChI is InChI=1S/C14H18FNO2/c15-12-6-4-11(5-7-12)14(18)10-16(8-9-17)13-2-1-3-13/h4-7,13,17H,1-3,8-10H2. The van der Waals surface area contributed by atoms with Crippen molar-refractivity contribution in [2.75, 3.05) is 19.7 Å². The van der Waals surface area contributed by atoms with E-state index in [1.54, 1.807) is 0 Å². The Morgan fingerprint density at radius 3 is 2.50 bits per heavy atom. The number of carbonyl (C=O) groups is 1. The van der Waals surface area contributed by atoms with Gasteiger partial charge in [-0.05, 0) is 37.1 Å². The second-order valence-electron chi connectivity index (χ2n) is 4.71. The number of nitrogens with zero attached hydrogens (tertiary/aromatic N) is 1. The molecule has 0 aliphatic heterocycles. The number of carbonyl (C=O) groups excluding carboxylic acids is 1. The Morgan fingerprint density at radius 1 is 1.33 bits per heavy atom. The average Bonchev–Trinajstić information content (AvgIpc) is 2.27. The maximum Gasteiger partial charge on any atom is 0.176 e. The molecule has 0 bridgehead atoms. The first kappa shape index (κ1) is 13.2. The molecule has 0 amide bonds. The van der Waals surface area contributed by atoms with E-state index in [1.165, 1.54) is 30.7 Å². The lowest BCUT2D eigenvalue weighted by Gasteiger charge is -2.36. The van der Waals surface area contributed by atoms with Gasteiger partial charge in [0.15, 0.2) is 5.78 Å². The maximum absolute atomic E-state index is 12.8. The molecule has 1 N–H and O–H groups in total. The summed E-state index contributed by atoms with van der Waals surface area (Å²) in [6, 6.07) is 6.03. The minimum Gasteiger partial charge on any atom is -0.395 e. The van der Waals surface area contributed by atoms with Gasteiger partial charge in [0.2, 0.25) is 0 Å². The van der Waals surface area contributed by atoms with Crippen LogP contribution in [0.4, 0.5) is 4.39 Å². The molecule has 4 heteroatoms. The van der Waals surface area contributed by atoms with Gasteiger partial charge in [0.05, 0.1) is 13.2 Å². The zero-order valence-electron chi connectivity index (χ0n) is 10.3. The Hall–Kier alpha value is -1.26. The third-order valence-corrected chi connectivity index (χ3v) is 3.49. The smallest absolute Gasteiger partial charge is 0.176 e. The van der Waals surface area contributed by atoms with E-state index >= 15 is 0 Å². The van der Waals surface area contributed by atoms with Gasteiger partial charge in [-0.25, -0.2) is 4.39 Å². The van der Waals surface area contributed by atoms with E-state index < -0.39 is 0 Å². The Bertz CT molecular complexity index is 401. The zero-order valence-corrected chi connectivity index (χ0v) is 10.3. The number of ketones is 1. The molecule has 98 valence electrons. The highest BCUT2D eigenvalue weighted by Crippen LogP contribution is 2.24. The molecule has 0 radical (unpaired) electrons. The number of benzene rings is 1. The third kappa shape index (κ3) is 3.15. The molecule has 0 spiro atoms. The van der Waals surface area contributed by atoms with Gasteiger partial charge in [-0.2, -0.15) is 0 Å². The molecule has 0 heterocycles. The Kier molecular flexibility index (Phi) is 4.44. The van der Waals surface area contributed by atoms with Crippen LogP contribution in [0.15, 0.2) is 24.3 Å². The molecule has 0 aromatic heterocycles. The summed E-state index contributed by atoms with van der Waals surface area (Å²) in [5.74, 6) is -0.354. The van der Waals surface area contributed by atoms with Gasteiger partial charge < -0.3 is 5.11 Å². The van der Waals surface area contributed by atoms with Gasteiger partial charge in [0.1, 0.15) is 5.82 Å². The summed E-state index contributed by atoms with van der Waals surface area (Å²) < 4.78 is 12.8. The van der Waals surface area contributed by atoms with Crippen molar-refractivity contribution in [3.8, 4) is 0 Å². The van der Waals surface area contributed by atoms with Gasteiger partial charge in [0, 0.05) is 18.2 Å². The summed E-state index contributed by atoms with van der Waals surface area (Å²) in [6.45, 7) is 0.891. The maximum atomic E-state index is 12.8. The Balaban J connectivity index is 1.97. The van der Waals surface area contributed by atoms with Crippen molar-refractivity contribution < 1.29 is 14.3 Å². The van der Waals surface area contributed by atoms with E-state index in [0.29, 0.717) is 24.7 Å². The minimum atomic E-state index is -0.335. The highest BCUT2D eigenvalue weighted by atomic mass is 19.1. The molecule has 1 aliphatic carbocycles. The van der Waals surface area contributed by atoms with Crippen LogP contribution in [0.5, 0.6) is 0 Å². The molecule has 1 aromatic carbocycles. The van der Waals surface area contributed by atoms with E-state index in [4.69, 9.17) is 5.11 Å². The number of Topliss-reactive ketones (excluding diaryl/α,β-unsaturated/α-hetero) is 1. The lowest BCUT2D eigenvalue weighted by Crippen LogP contribution is -2.44. The van der Waals surface area contributed by atoms with Crippen molar-refractivity contribution in [2.45, 2.75) is 25.3 Å². The normalized spacial score (nSPS) is 15.7. The van der Waals surface area contributed by atoms with Gasteiger partial charge >= 0.3 is 0 Å². The van der Waals surface area contributed by atoms with Gasteiger partial charge in [-0.1, -0.05) is 6.42 Å². The lowest BCUT2D eigenvalue weighted by atomic mass is 9.91. The number of hydrogen-bond donors (Lipinski definition) is 1. The van der Waals surface area contributed by atoms with E-state index in [-0.39, 0.29) is 18.2 Å². The first-order chi connectivity index (χ1) is 8.70. The van der Waals surface area contributed by atoms with Crippen molar-refractivity contribution in [1.29, 1.82) is 0 Å². The second-order valence-corrected chi connectivity index (χ2v) is 4.71. The average molecular weight is 251 g/mol. The summed E-state index contributed by atoms with van der Waals surface area (Å²) in [7, 11) is 0. The van der Waals surface area contributed by atoms with Crippen LogP contribution in [0.2, 0.25) is 0 Å². The van der Waals surface area contributed by atoms with Crippen LogP contribution >= 0.6 is 0 Å². The topological polar surface area (TPSA) is 40.5 Å². The fourth-order valence-electron chi connectivity index (χ4n) is 2.18. The number of halogens is 1. The van der Waals surface area contributed by atoms with Crippen molar-refractivity contribution in [2.24, 2.45) is 0 Å². The largest absolute Gasteiger partial charge is 0.395 e. The van der Waals surface area contributed by atoms with Crippen LogP contribution in [-0.4, -0.2) is 41.5 Å². The van der Waals surface area contributed by atoms with Gasteiger partial charge in [0.25, 0.3) is 0 Å². The number of hydrogen-bond acceptors (Lipinski definition) is 3. The van der Waals surface area contributed by atoms with Crippen LogP contribution in [0.3, 0.4) is 0 Å². The molecule has 18 heavy (non-hydrogen) atoms. The van der Waals surface area contributed by atoms with Crippen LogP contribution in [-0.2, 0) is 0 Å². The highest BCUT2D eigenvalue weighted by molar-refractivity contribution is 5.97. The first-order valence-electron chi connectivity index (χ1n) is 6.34. The minimum absolute atomic E-state index is 0.0182. The SMILES string of the molecule is O=C(CN(CCO)C1CCC1)c1ccc(F)cc1. The fourth-order valence-corrected chi connectivity index (χ4v) is 2.18. The molecule has 0 unspecified atom stereocenters. The molecule has 2 rings (SSSR count). The summed E-state index contributed by atoms with van der Waals surface area (Å²) in [5.41, 5.74) is 0.527. The lowest BCUT2D eigenvalue weighted by molar-refractivity contribution is 0.0747. The summed E-state index contributed by atoms with van der Waals surface area (Å²) in [5, 5.41) is 9.02. The van der Waals surface area contributed by atoms with Gasteiger partial charge in [-0.15, -0.1) is 0 Å². The first-order valence-corrected chi connectivity index (χ1v) is 6.34. The van der Waals surface area contributed by atoms with E-state index in [1.807, 2.05) is 4.90 Å². The van der Waals surface area contributed by atoms with Crippen molar-refractivity contribution >= 4 is 5.78 Å². The van der Waals surface area contributed by atoms with Crippen molar-refractivity contribution in [3.63, 3.8) is 0 Å². The van der Waals surface area contributed by atoms with Crippen molar-refractivity contribution in [3.05, 3.63) is 35.6 Å². The van der Waals surface area contributed by atoms with E-state index in [2.05, 4.69) is 0 Å². The van der Waals surface area contributed by atoms with Crippen LogP contribution in [0.25, 0.3) is 0 Å². The summed E-state index contributed by atoms with van der Waals surface area (Å²) in [4.78, 5) is 14.1. The molecular formula is C14H18FNO2. The molecular weight excluding hydrogens is 233 g/mol. The molecule has 0 atom stereocenters. The van der Waals surface area contributed by atoms with Gasteiger partial charge in [-0.3, -0.25) is 9.69 Å².